The highest BCUT2D eigenvalue weighted by Gasteiger charge is 2.38. The smallest absolute Gasteiger partial charge is 0.200 e. The van der Waals surface area contributed by atoms with E-state index in [0.29, 0.717) is 12.7 Å². The van der Waals surface area contributed by atoms with E-state index in [4.69, 9.17) is 0 Å². The van der Waals surface area contributed by atoms with E-state index in [0.717, 1.165) is 5.56 Å². The van der Waals surface area contributed by atoms with Crippen LogP contribution in [0.4, 0.5) is 8.78 Å². The fourth-order valence-corrected chi connectivity index (χ4v) is 2.11. The third-order valence-electron chi connectivity index (χ3n) is 2.50. The summed E-state index contributed by atoms with van der Waals surface area (Å²) in [5.41, 5.74) is 0.554. The molecule has 6 heteroatoms. The van der Waals surface area contributed by atoms with Crippen molar-refractivity contribution in [3.05, 3.63) is 47.5 Å². The van der Waals surface area contributed by atoms with Gasteiger partial charge in [-0.15, -0.1) is 0 Å². The Kier molecular flexibility index (Phi) is 5.20. The average molecular weight is 290 g/mol. The molecule has 0 unspecified atom stereocenters. The van der Waals surface area contributed by atoms with E-state index in [9.17, 15) is 17.2 Å². The molecule has 0 saturated carbocycles. The molecule has 106 valence electrons. The number of aryl methyl sites for hydroxylation is 1. The normalized spacial score (nSPS) is 13.6. The molecule has 0 amide bonds. The van der Waals surface area contributed by atoms with Gasteiger partial charge in [0.2, 0.25) is 0 Å². The van der Waals surface area contributed by atoms with Crippen molar-refractivity contribution in [2.24, 2.45) is 0 Å². The zero-order chi connectivity index (χ0) is 14.5. The Balaban J connectivity index is 2.74. The first-order valence-electron chi connectivity index (χ1n) is 5.72. The van der Waals surface area contributed by atoms with Gasteiger partial charge in [0.1, 0.15) is 0 Å². The Bertz CT molecular complexity index is 536. The zero-order valence-corrected chi connectivity index (χ0v) is 11.6. The number of alkyl halides is 2. The minimum absolute atomic E-state index is 0.0308. The Labute approximate surface area is 112 Å². The van der Waals surface area contributed by atoms with Crippen molar-refractivity contribution < 1.29 is 21.4 Å². The summed E-state index contributed by atoms with van der Waals surface area (Å²) in [6, 6.07) is 9.11. The maximum absolute atomic E-state index is 13.6. The molecular formula is C13H16F2O3S. The summed E-state index contributed by atoms with van der Waals surface area (Å²) < 4.78 is 52.7. The minimum atomic E-state index is -4.21. The van der Waals surface area contributed by atoms with Crippen molar-refractivity contribution in [2.75, 3.05) is 6.26 Å². The summed E-state index contributed by atoms with van der Waals surface area (Å²) >= 11 is 0. The number of allylic oxidation sites excluding steroid dienone is 1. The van der Waals surface area contributed by atoms with Crippen LogP contribution in [0.5, 0.6) is 0 Å². The first-order valence-corrected chi connectivity index (χ1v) is 7.54. The molecule has 3 nitrogen and oxygen atoms in total. The summed E-state index contributed by atoms with van der Waals surface area (Å²) in [5.74, 6) is 0. The van der Waals surface area contributed by atoms with E-state index in [1.807, 2.05) is 30.3 Å². The van der Waals surface area contributed by atoms with E-state index < -0.39 is 16.2 Å². The molecule has 1 rings (SSSR count). The van der Waals surface area contributed by atoms with Gasteiger partial charge < -0.3 is 0 Å². The van der Waals surface area contributed by atoms with Gasteiger partial charge in [-0.05, 0) is 25.3 Å². The SMILES string of the molecule is C/C=C(\CCc1ccccc1)C(F)(F)OS(C)(=O)=O. The van der Waals surface area contributed by atoms with E-state index in [2.05, 4.69) is 4.18 Å². The number of halogens is 2. The van der Waals surface area contributed by atoms with Crippen molar-refractivity contribution in [1.29, 1.82) is 0 Å². The fourth-order valence-electron chi connectivity index (χ4n) is 1.63. The lowest BCUT2D eigenvalue weighted by Gasteiger charge is -2.18. The van der Waals surface area contributed by atoms with Gasteiger partial charge in [-0.3, -0.25) is 0 Å². The summed E-state index contributed by atoms with van der Waals surface area (Å²) in [5, 5.41) is 0. The first kappa shape index (κ1) is 15.8. The van der Waals surface area contributed by atoms with Crippen LogP contribution in [0, 0.1) is 0 Å². The molecule has 0 bridgehead atoms. The largest absolute Gasteiger partial charge is 0.392 e. The quantitative estimate of drug-likeness (QED) is 0.597. The van der Waals surface area contributed by atoms with Crippen LogP contribution < -0.4 is 0 Å². The van der Waals surface area contributed by atoms with Gasteiger partial charge in [-0.1, -0.05) is 36.4 Å². The van der Waals surface area contributed by atoms with Gasteiger partial charge in [0.15, 0.2) is 0 Å². The summed E-state index contributed by atoms with van der Waals surface area (Å²) in [6.07, 6.45) is -1.58. The highest BCUT2D eigenvalue weighted by atomic mass is 32.2. The molecule has 0 heterocycles. The van der Waals surface area contributed by atoms with Crippen molar-refractivity contribution in [1.82, 2.24) is 0 Å². The van der Waals surface area contributed by atoms with E-state index in [-0.39, 0.29) is 12.0 Å². The van der Waals surface area contributed by atoms with Gasteiger partial charge in [0, 0.05) is 5.57 Å². The second-order valence-electron chi connectivity index (χ2n) is 4.10. The summed E-state index contributed by atoms with van der Waals surface area (Å²) in [7, 11) is -4.21. The summed E-state index contributed by atoms with van der Waals surface area (Å²) in [4.78, 5) is 0. The second kappa shape index (κ2) is 6.25. The van der Waals surface area contributed by atoms with Crippen LogP contribution in [-0.4, -0.2) is 20.8 Å². The Morgan fingerprint density at radius 3 is 2.37 bits per heavy atom. The first-order chi connectivity index (χ1) is 8.74. The van der Waals surface area contributed by atoms with Crippen LogP contribution in [0.2, 0.25) is 0 Å². The molecule has 0 atom stereocenters. The van der Waals surface area contributed by atoms with Crippen LogP contribution in [0.3, 0.4) is 0 Å². The van der Waals surface area contributed by atoms with Crippen molar-refractivity contribution in [3.8, 4) is 0 Å². The monoisotopic (exact) mass is 290 g/mol. The van der Waals surface area contributed by atoms with Gasteiger partial charge in [0.25, 0.3) is 10.1 Å². The van der Waals surface area contributed by atoms with E-state index >= 15 is 0 Å². The van der Waals surface area contributed by atoms with Gasteiger partial charge >= 0.3 is 6.11 Å². The van der Waals surface area contributed by atoms with Crippen LogP contribution in [-0.2, 0) is 20.7 Å². The lowest BCUT2D eigenvalue weighted by molar-refractivity contribution is -0.139. The molecule has 0 aliphatic heterocycles. The molecule has 19 heavy (non-hydrogen) atoms. The molecule has 0 aliphatic rings. The zero-order valence-electron chi connectivity index (χ0n) is 10.8. The predicted molar refractivity (Wildman–Crippen MR) is 69.4 cm³/mol. The lowest BCUT2D eigenvalue weighted by Crippen LogP contribution is -2.27. The molecule has 0 aliphatic carbocycles. The lowest BCUT2D eigenvalue weighted by atomic mass is 10.0. The number of benzene rings is 1. The van der Waals surface area contributed by atoms with Crippen LogP contribution in [0.1, 0.15) is 18.9 Å². The third-order valence-corrected chi connectivity index (χ3v) is 3.02. The van der Waals surface area contributed by atoms with E-state index in [1.165, 1.54) is 13.0 Å². The molecular weight excluding hydrogens is 274 g/mol. The Morgan fingerprint density at radius 2 is 1.89 bits per heavy atom. The van der Waals surface area contributed by atoms with E-state index in [1.54, 1.807) is 0 Å². The van der Waals surface area contributed by atoms with Gasteiger partial charge in [-0.25, -0.2) is 0 Å². The van der Waals surface area contributed by atoms with Crippen molar-refractivity contribution in [3.63, 3.8) is 0 Å². The molecule has 0 spiro atoms. The number of rotatable bonds is 6. The maximum atomic E-state index is 13.6. The Hall–Kier alpha value is -1.27. The average Bonchev–Trinajstić information content (AvgIpc) is 2.27. The maximum Gasteiger partial charge on any atom is 0.392 e. The van der Waals surface area contributed by atoms with Gasteiger partial charge in [0.05, 0.1) is 6.26 Å². The summed E-state index contributed by atoms with van der Waals surface area (Å²) in [6.45, 7) is 1.43. The fraction of sp³-hybridized carbons (Fsp3) is 0.385. The molecule has 0 N–H and O–H groups in total. The van der Waals surface area contributed by atoms with Crippen molar-refractivity contribution in [2.45, 2.75) is 25.9 Å². The highest BCUT2D eigenvalue weighted by molar-refractivity contribution is 7.86. The van der Waals surface area contributed by atoms with Crippen LogP contribution in [0.15, 0.2) is 42.0 Å². The molecule has 1 aromatic carbocycles. The van der Waals surface area contributed by atoms with Crippen LogP contribution in [0.25, 0.3) is 0 Å². The number of hydrogen-bond acceptors (Lipinski definition) is 3. The van der Waals surface area contributed by atoms with Crippen LogP contribution >= 0.6 is 0 Å². The standard InChI is InChI=1S/C13H16F2O3S/c1-3-12(13(14,15)18-19(2,16)17)10-9-11-7-5-4-6-8-11/h3-8H,9-10H2,1-2H3/b12-3+. The third kappa shape index (κ3) is 5.48. The second-order valence-corrected chi connectivity index (χ2v) is 5.68. The topological polar surface area (TPSA) is 43.4 Å². The number of hydrogen-bond donors (Lipinski definition) is 0. The molecule has 1 aromatic rings. The van der Waals surface area contributed by atoms with Gasteiger partial charge in [-0.2, -0.15) is 21.4 Å². The molecule has 0 saturated heterocycles. The Morgan fingerprint density at radius 1 is 1.32 bits per heavy atom. The van der Waals surface area contributed by atoms with Crippen molar-refractivity contribution >= 4 is 10.1 Å². The highest BCUT2D eigenvalue weighted by Crippen LogP contribution is 2.30. The molecule has 0 fully saturated rings. The predicted octanol–water partition coefficient (Wildman–Crippen LogP) is 3.13. The molecule has 0 radical (unpaired) electrons. The minimum Gasteiger partial charge on any atom is -0.200 e. The molecule has 0 aromatic heterocycles.